The monoisotopic (exact) mass is 525 g/mol. The van der Waals surface area contributed by atoms with E-state index < -0.39 is 0 Å². The van der Waals surface area contributed by atoms with Crippen molar-refractivity contribution in [3.8, 4) is 0 Å². The van der Waals surface area contributed by atoms with Crippen molar-refractivity contribution in [3.05, 3.63) is 140 Å². The van der Waals surface area contributed by atoms with E-state index in [1.807, 2.05) is 12.1 Å². The number of rotatable bonds is 3. The third-order valence-electron chi connectivity index (χ3n) is 8.22. The zero-order chi connectivity index (χ0) is 26.9. The van der Waals surface area contributed by atoms with E-state index in [1.165, 1.54) is 16.2 Å². The summed E-state index contributed by atoms with van der Waals surface area (Å²) in [6.45, 7) is 0. The van der Waals surface area contributed by atoms with Gasteiger partial charge in [0.15, 0.2) is 0 Å². The molecular formula is C38H23NO2. The van der Waals surface area contributed by atoms with Crippen LogP contribution in [0.3, 0.4) is 0 Å². The summed E-state index contributed by atoms with van der Waals surface area (Å²) in [5.74, 6) is 0. The van der Waals surface area contributed by atoms with Crippen molar-refractivity contribution >= 4 is 82.5 Å². The van der Waals surface area contributed by atoms with E-state index in [9.17, 15) is 0 Å². The van der Waals surface area contributed by atoms with E-state index in [4.69, 9.17) is 8.83 Å². The first-order valence-electron chi connectivity index (χ1n) is 13.9. The molecule has 0 bridgehead atoms. The molecule has 0 saturated heterocycles. The summed E-state index contributed by atoms with van der Waals surface area (Å²) in [6, 6.07) is 48.9. The Labute approximate surface area is 235 Å². The Balaban J connectivity index is 1.29. The van der Waals surface area contributed by atoms with E-state index in [0.717, 1.165) is 66.3 Å². The van der Waals surface area contributed by atoms with Crippen molar-refractivity contribution in [2.75, 3.05) is 4.90 Å². The van der Waals surface area contributed by atoms with Gasteiger partial charge in [0.05, 0.1) is 0 Å². The highest BCUT2D eigenvalue weighted by atomic mass is 16.3. The lowest BCUT2D eigenvalue weighted by atomic mass is 10.0. The Kier molecular flexibility index (Phi) is 4.61. The molecule has 0 aliphatic heterocycles. The topological polar surface area (TPSA) is 29.5 Å². The Hall–Kier alpha value is -5.54. The summed E-state index contributed by atoms with van der Waals surface area (Å²) in [7, 11) is 0. The zero-order valence-electron chi connectivity index (χ0n) is 22.0. The third-order valence-corrected chi connectivity index (χ3v) is 8.22. The van der Waals surface area contributed by atoms with Crippen LogP contribution in [-0.2, 0) is 0 Å². The van der Waals surface area contributed by atoms with Crippen LogP contribution in [0, 0.1) is 0 Å². The summed E-state index contributed by atoms with van der Waals surface area (Å²) in [5, 5.41) is 9.19. The van der Waals surface area contributed by atoms with Crippen molar-refractivity contribution in [3.63, 3.8) is 0 Å². The molecule has 0 unspecified atom stereocenters. The summed E-state index contributed by atoms with van der Waals surface area (Å²) in [5.41, 5.74) is 6.80. The number of nitrogens with zero attached hydrogens (tertiary/aromatic N) is 1. The van der Waals surface area contributed by atoms with Gasteiger partial charge in [-0.1, -0.05) is 78.9 Å². The Morgan fingerprint density at radius 1 is 0.366 bits per heavy atom. The minimum Gasteiger partial charge on any atom is -0.456 e. The number of hydrogen-bond donors (Lipinski definition) is 0. The van der Waals surface area contributed by atoms with Crippen LogP contribution in [0.25, 0.3) is 65.4 Å². The van der Waals surface area contributed by atoms with Gasteiger partial charge < -0.3 is 13.7 Å². The van der Waals surface area contributed by atoms with Gasteiger partial charge in [-0.3, -0.25) is 0 Å². The largest absolute Gasteiger partial charge is 0.456 e. The molecular weight excluding hydrogens is 502 g/mol. The van der Waals surface area contributed by atoms with E-state index in [0.29, 0.717) is 0 Å². The lowest BCUT2D eigenvalue weighted by Crippen LogP contribution is -2.09. The Bertz CT molecular complexity index is 2430. The molecule has 7 aromatic carbocycles. The second-order valence-electron chi connectivity index (χ2n) is 10.6. The molecule has 192 valence electrons. The predicted octanol–water partition coefficient (Wildman–Crippen LogP) is 11.3. The SMILES string of the molecule is c1ccc(N(c2ccc3c(c2)oc2c4ccccc4ccc32)c2ccc3ccc4oc5ccccc5c4c3c2)cc1. The normalized spacial score (nSPS) is 11.9. The van der Waals surface area contributed by atoms with Crippen molar-refractivity contribution in [1.29, 1.82) is 0 Å². The van der Waals surface area contributed by atoms with Crippen LogP contribution >= 0.6 is 0 Å². The maximum Gasteiger partial charge on any atom is 0.143 e. The molecule has 0 amide bonds. The first kappa shape index (κ1) is 22.3. The molecule has 41 heavy (non-hydrogen) atoms. The molecule has 9 rings (SSSR count). The molecule has 3 heteroatoms. The first-order chi connectivity index (χ1) is 20.3. The van der Waals surface area contributed by atoms with Gasteiger partial charge in [0.1, 0.15) is 22.3 Å². The zero-order valence-corrected chi connectivity index (χ0v) is 22.0. The number of fused-ring (bicyclic) bond motifs is 10. The fraction of sp³-hybridized carbons (Fsp3) is 0. The number of anilines is 3. The van der Waals surface area contributed by atoms with Crippen LogP contribution in [0.2, 0.25) is 0 Å². The van der Waals surface area contributed by atoms with Gasteiger partial charge in [0.25, 0.3) is 0 Å². The van der Waals surface area contributed by atoms with Crippen LogP contribution in [0.4, 0.5) is 17.1 Å². The van der Waals surface area contributed by atoms with E-state index in [-0.39, 0.29) is 0 Å². The molecule has 0 spiro atoms. The van der Waals surface area contributed by atoms with Gasteiger partial charge in [-0.15, -0.1) is 0 Å². The van der Waals surface area contributed by atoms with Gasteiger partial charge in [-0.25, -0.2) is 0 Å². The molecule has 2 heterocycles. The summed E-state index contributed by atoms with van der Waals surface area (Å²) >= 11 is 0. The molecule has 0 fully saturated rings. The quantitative estimate of drug-likeness (QED) is 0.230. The van der Waals surface area contributed by atoms with Crippen molar-refractivity contribution in [2.45, 2.75) is 0 Å². The minimum absolute atomic E-state index is 0.874. The highest BCUT2D eigenvalue weighted by Crippen LogP contribution is 2.42. The average molecular weight is 526 g/mol. The Morgan fingerprint density at radius 3 is 1.98 bits per heavy atom. The minimum atomic E-state index is 0.874. The molecule has 0 N–H and O–H groups in total. The van der Waals surface area contributed by atoms with Gasteiger partial charge in [-0.2, -0.15) is 0 Å². The van der Waals surface area contributed by atoms with Crippen LogP contribution in [0.1, 0.15) is 0 Å². The first-order valence-corrected chi connectivity index (χ1v) is 13.9. The molecule has 9 aromatic rings. The van der Waals surface area contributed by atoms with Gasteiger partial charge >= 0.3 is 0 Å². The second-order valence-corrected chi connectivity index (χ2v) is 10.6. The fourth-order valence-corrected chi connectivity index (χ4v) is 6.33. The van der Waals surface area contributed by atoms with Gasteiger partial charge in [0, 0.05) is 50.1 Å². The molecule has 3 nitrogen and oxygen atoms in total. The van der Waals surface area contributed by atoms with Crippen molar-refractivity contribution < 1.29 is 8.83 Å². The molecule has 0 radical (unpaired) electrons. The van der Waals surface area contributed by atoms with Crippen molar-refractivity contribution in [2.24, 2.45) is 0 Å². The molecule has 2 aromatic heterocycles. The lowest BCUT2D eigenvalue weighted by molar-refractivity contribution is 0.669. The van der Waals surface area contributed by atoms with Gasteiger partial charge in [0.2, 0.25) is 0 Å². The molecule has 0 atom stereocenters. The Morgan fingerprint density at radius 2 is 1.05 bits per heavy atom. The molecule has 0 aliphatic carbocycles. The predicted molar refractivity (Wildman–Crippen MR) is 171 cm³/mol. The molecule has 0 saturated carbocycles. The maximum atomic E-state index is 6.55. The third kappa shape index (κ3) is 3.33. The smallest absolute Gasteiger partial charge is 0.143 e. The highest BCUT2D eigenvalue weighted by Gasteiger charge is 2.18. The standard InChI is InChI=1S/C38H23NO2/c1-2-9-26(10-3-1)39(27-17-14-25-16-21-35-37(33(25)22-27)32-12-6-7-13-34(32)40-35)28-18-20-30-31-19-15-24-8-4-5-11-29(24)38(31)41-36(30)23-28/h1-23H. The summed E-state index contributed by atoms with van der Waals surface area (Å²) in [4.78, 5) is 2.30. The summed E-state index contributed by atoms with van der Waals surface area (Å²) in [6.07, 6.45) is 0. The van der Waals surface area contributed by atoms with E-state index >= 15 is 0 Å². The summed E-state index contributed by atoms with van der Waals surface area (Å²) < 4.78 is 12.8. The number of hydrogen-bond acceptors (Lipinski definition) is 3. The molecule has 0 aliphatic rings. The van der Waals surface area contributed by atoms with Gasteiger partial charge in [-0.05, 0) is 70.8 Å². The van der Waals surface area contributed by atoms with Crippen LogP contribution in [-0.4, -0.2) is 0 Å². The van der Waals surface area contributed by atoms with E-state index in [2.05, 4.69) is 132 Å². The van der Waals surface area contributed by atoms with E-state index in [1.54, 1.807) is 0 Å². The number of benzene rings is 7. The number of furan rings is 2. The maximum absolute atomic E-state index is 6.55. The second kappa shape index (κ2) is 8.48. The fourth-order valence-electron chi connectivity index (χ4n) is 6.33. The van der Waals surface area contributed by atoms with Crippen LogP contribution < -0.4 is 4.90 Å². The lowest BCUT2D eigenvalue weighted by Gasteiger charge is -2.25. The van der Waals surface area contributed by atoms with Crippen LogP contribution in [0.5, 0.6) is 0 Å². The average Bonchev–Trinajstić information content (AvgIpc) is 3.60. The number of para-hydroxylation sites is 2. The highest BCUT2D eigenvalue weighted by molar-refractivity contribution is 6.19. The van der Waals surface area contributed by atoms with Crippen molar-refractivity contribution in [1.82, 2.24) is 0 Å². The van der Waals surface area contributed by atoms with Crippen LogP contribution in [0.15, 0.2) is 148 Å².